The summed E-state index contributed by atoms with van der Waals surface area (Å²) in [5.74, 6) is 0. The Morgan fingerprint density at radius 3 is 2.35 bits per heavy atom. The molecule has 2 saturated carbocycles. The maximum Gasteiger partial charge on any atom is 0.0304 e. The van der Waals surface area contributed by atoms with Crippen molar-refractivity contribution in [3.05, 3.63) is 11.6 Å². The van der Waals surface area contributed by atoms with Crippen LogP contribution in [0.4, 0.5) is 0 Å². The first-order chi connectivity index (χ1) is 9.76. The minimum absolute atomic E-state index is 0.257. The van der Waals surface area contributed by atoms with Crippen molar-refractivity contribution in [3.63, 3.8) is 0 Å². The van der Waals surface area contributed by atoms with Gasteiger partial charge in [-0.2, -0.15) is 0 Å². The van der Waals surface area contributed by atoms with Crippen LogP contribution in [0.25, 0.3) is 0 Å². The van der Waals surface area contributed by atoms with Gasteiger partial charge in [0.1, 0.15) is 0 Å². The molecule has 2 nitrogen and oxygen atoms in total. The molecule has 3 aliphatic carbocycles. The highest BCUT2D eigenvalue weighted by atomic mass is 15.0. The van der Waals surface area contributed by atoms with E-state index in [1.54, 1.807) is 5.57 Å². The molecule has 114 valence electrons. The summed E-state index contributed by atoms with van der Waals surface area (Å²) in [6, 6.07) is 0. The Kier molecular flexibility index (Phi) is 4.52. The topological polar surface area (TPSA) is 38.0 Å². The third-order valence-corrected chi connectivity index (χ3v) is 6.40. The zero-order valence-corrected chi connectivity index (χ0v) is 13.1. The molecule has 3 N–H and O–H groups in total. The summed E-state index contributed by atoms with van der Waals surface area (Å²) in [4.78, 5) is 0. The van der Waals surface area contributed by atoms with E-state index in [0.717, 1.165) is 13.1 Å². The number of hydrogen-bond donors (Lipinski definition) is 2. The maximum absolute atomic E-state index is 6.14. The van der Waals surface area contributed by atoms with Gasteiger partial charge in [-0.15, -0.1) is 0 Å². The molecule has 0 atom stereocenters. The molecule has 0 bridgehead atoms. The number of nitrogens with one attached hydrogen (secondary N) is 1. The fourth-order valence-corrected chi connectivity index (χ4v) is 4.79. The van der Waals surface area contributed by atoms with Crippen LogP contribution in [0.15, 0.2) is 11.6 Å². The first kappa shape index (κ1) is 14.6. The SMILES string of the molecule is NCC1(NCCC2=CCCC2)CCC2(CCCC2)CC1. The van der Waals surface area contributed by atoms with Crippen LogP contribution < -0.4 is 11.1 Å². The minimum atomic E-state index is 0.257. The minimum Gasteiger partial charge on any atom is -0.329 e. The van der Waals surface area contributed by atoms with E-state index in [-0.39, 0.29) is 5.54 Å². The lowest BCUT2D eigenvalue weighted by molar-refractivity contribution is 0.115. The largest absolute Gasteiger partial charge is 0.329 e. The molecule has 3 rings (SSSR count). The summed E-state index contributed by atoms with van der Waals surface area (Å²) in [6.07, 6.45) is 19.1. The smallest absolute Gasteiger partial charge is 0.0304 e. The van der Waals surface area contributed by atoms with Gasteiger partial charge in [0, 0.05) is 12.1 Å². The van der Waals surface area contributed by atoms with Crippen LogP contribution >= 0.6 is 0 Å². The average Bonchev–Trinajstić information content (AvgIpc) is 3.14. The van der Waals surface area contributed by atoms with Crippen molar-refractivity contribution in [2.45, 2.75) is 82.6 Å². The lowest BCUT2D eigenvalue weighted by Crippen LogP contribution is -2.54. The average molecular weight is 276 g/mol. The fraction of sp³-hybridized carbons (Fsp3) is 0.889. The van der Waals surface area contributed by atoms with Crippen molar-refractivity contribution in [1.29, 1.82) is 0 Å². The summed E-state index contributed by atoms with van der Waals surface area (Å²) >= 11 is 0. The summed E-state index contributed by atoms with van der Waals surface area (Å²) in [6.45, 7) is 1.96. The second-order valence-corrected chi connectivity index (χ2v) is 7.62. The molecule has 0 aromatic heterocycles. The third-order valence-electron chi connectivity index (χ3n) is 6.40. The second-order valence-electron chi connectivity index (χ2n) is 7.62. The molecular weight excluding hydrogens is 244 g/mol. The molecule has 0 unspecified atom stereocenters. The van der Waals surface area contributed by atoms with Gasteiger partial charge in [-0.05, 0) is 76.2 Å². The molecule has 0 aromatic rings. The van der Waals surface area contributed by atoms with E-state index in [4.69, 9.17) is 5.73 Å². The highest BCUT2D eigenvalue weighted by Crippen LogP contribution is 2.51. The summed E-state index contributed by atoms with van der Waals surface area (Å²) in [5.41, 5.74) is 8.79. The second kappa shape index (κ2) is 6.19. The molecule has 0 aromatic carbocycles. The Morgan fingerprint density at radius 2 is 1.75 bits per heavy atom. The number of hydrogen-bond acceptors (Lipinski definition) is 2. The van der Waals surface area contributed by atoms with Crippen molar-refractivity contribution in [1.82, 2.24) is 5.32 Å². The van der Waals surface area contributed by atoms with Gasteiger partial charge in [0.25, 0.3) is 0 Å². The molecule has 0 radical (unpaired) electrons. The monoisotopic (exact) mass is 276 g/mol. The molecule has 20 heavy (non-hydrogen) atoms. The molecule has 2 fully saturated rings. The van der Waals surface area contributed by atoms with Gasteiger partial charge in [-0.25, -0.2) is 0 Å². The Bertz CT molecular complexity index is 342. The number of nitrogens with two attached hydrogens (primary N) is 1. The normalized spacial score (nSPS) is 27.9. The van der Waals surface area contributed by atoms with E-state index in [9.17, 15) is 0 Å². The fourth-order valence-electron chi connectivity index (χ4n) is 4.79. The number of allylic oxidation sites excluding steroid dienone is 1. The Labute approximate surface area is 124 Å². The van der Waals surface area contributed by atoms with Crippen LogP contribution in [0.2, 0.25) is 0 Å². The molecule has 0 heterocycles. The van der Waals surface area contributed by atoms with Crippen LogP contribution in [-0.4, -0.2) is 18.6 Å². The van der Waals surface area contributed by atoms with Crippen LogP contribution in [0, 0.1) is 5.41 Å². The van der Waals surface area contributed by atoms with E-state index in [1.165, 1.54) is 77.0 Å². The first-order valence-electron chi connectivity index (χ1n) is 8.89. The highest BCUT2D eigenvalue weighted by molar-refractivity contribution is 5.08. The van der Waals surface area contributed by atoms with Crippen LogP contribution in [0.3, 0.4) is 0 Å². The maximum atomic E-state index is 6.14. The van der Waals surface area contributed by atoms with Gasteiger partial charge >= 0.3 is 0 Å². The van der Waals surface area contributed by atoms with E-state index >= 15 is 0 Å². The Hall–Kier alpha value is -0.340. The molecule has 0 aliphatic heterocycles. The van der Waals surface area contributed by atoms with Crippen LogP contribution in [0.1, 0.15) is 77.0 Å². The lowest BCUT2D eigenvalue weighted by Gasteiger charge is -2.45. The van der Waals surface area contributed by atoms with E-state index in [2.05, 4.69) is 11.4 Å². The van der Waals surface area contributed by atoms with Gasteiger partial charge in [-0.3, -0.25) is 0 Å². The zero-order valence-electron chi connectivity index (χ0n) is 13.1. The van der Waals surface area contributed by atoms with Gasteiger partial charge in [-0.1, -0.05) is 24.5 Å². The summed E-state index contributed by atoms with van der Waals surface area (Å²) in [5, 5.41) is 3.85. The first-order valence-corrected chi connectivity index (χ1v) is 8.89. The van der Waals surface area contributed by atoms with Crippen molar-refractivity contribution >= 4 is 0 Å². The third kappa shape index (κ3) is 3.12. The molecule has 3 aliphatic rings. The molecule has 0 saturated heterocycles. The molecule has 0 amide bonds. The standard InChI is InChI=1S/C18H32N2/c19-15-18(20-14-7-16-5-1-2-6-16)12-10-17(11-13-18)8-3-4-9-17/h5,20H,1-4,6-15,19H2. The van der Waals surface area contributed by atoms with Gasteiger partial charge < -0.3 is 11.1 Å². The van der Waals surface area contributed by atoms with Crippen LogP contribution in [0.5, 0.6) is 0 Å². The lowest BCUT2D eigenvalue weighted by atomic mass is 9.66. The summed E-state index contributed by atoms with van der Waals surface area (Å²) in [7, 11) is 0. The highest BCUT2D eigenvalue weighted by Gasteiger charge is 2.42. The molecular formula is C18H32N2. The quantitative estimate of drug-likeness (QED) is 0.747. The zero-order chi connectivity index (χ0) is 13.9. The molecule has 1 spiro atoms. The van der Waals surface area contributed by atoms with E-state index in [0.29, 0.717) is 5.41 Å². The predicted octanol–water partition coefficient (Wildman–Crippen LogP) is 3.91. The van der Waals surface area contributed by atoms with Crippen LogP contribution in [-0.2, 0) is 0 Å². The predicted molar refractivity (Wildman–Crippen MR) is 85.7 cm³/mol. The van der Waals surface area contributed by atoms with Crippen molar-refractivity contribution in [2.75, 3.05) is 13.1 Å². The van der Waals surface area contributed by atoms with Crippen molar-refractivity contribution in [2.24, 2.45) is 11.1 Å². The Balaban J connectivity index is 1.48. The molecule has 2 heteroatoms. The Morgan fingerprint density at radius 1 is 1.00 bits per heavy atom. The van der Waals surface area contributed by atoms with Crippen molar-refractivity contribution < 1.29 is 0 Å². The summed E-state index contributed by atoms with van der Waals surface area (Å²) < 4.78 is 0. The van der Waals surface area contributed by atoms with E-state index in [1.807, 2.05) is 0 Å². The van der Waals surface area contributed by atoms with Gasteiger partial charge in [0.05, 0.1) is 0 Å². The van der Waals surface area contributed by atoms with E-state index < -0.39 is 0 Å². The number of rotatable bonds is 5. The van der Waals surface area contributed by atoms with Gasteiger partial charge in [0.2, 0.25) is 0 Å². The van der Waals surface area contributed by atoms with Crippen molar-refractivity contribution in [3.8, 4) is 0 Å². The van der Waals surface area contributed by atoms with Gasteiger partial charge in [0.15, 0.2) is 0 Å².